The van der Waals surface area contributed by atoms with Gasteiger partial charge in [-0.1, -0.05) is 0 Å². The fourth-order valence-corrected chi connectivity index (χ4v) is 1.11. The van der Waals surface area contributed by atoms with E-state index in [1.54, 1.807) is 0 Å². The summed E-state index contributed by atoms with van der Waals surface area (Å²) in [7, 11) is 0. The monoisotopic (exact) mass is 252 g/mol. The van der Waals surface area contributed by atoms with E-state index in [9.17, 15) is 4.39 Å². The Morgan fingerprint density at radius 3 is 2.47 bits per heavy atom. The molecule has 1 heterocycles. The molecule has 0 aliphatic heterocycles. The summed E-state index contributed by atoms with van der Waals surface area (Å²) in [4.78, 5) is 7.58. The van der Waals surface area contributed by atoms with Gasteiger partial charge < -0.3 is 10.6 Å². The lowest BCUT2D eigenvalue weighted by Crippen LogP contribution is -2.10. The third-order valence-corrected chi connectivity index (χ3v) is 1.85. The Labute approximate surface area is 97.2 Å². The van der Waals surface area contributed by atoms with Crippen molar-refractivity contribution >= 4 is 35.0 Å². The summed E-state index contributed by atoms with van der Waals surface area (Å²) in [5, 5.41) is 5.64. The van der Waals surface area contributed by atoms with Gasteiger partial charge in [0.25, 0.3) is 0 Å². The third-order valence-electron chi connectivity index (χ3n) is 1.47. The molecule has 0 radical (unpaired) electrons. The van der Waals surface area contributed by atoms with Crippen LogP contribution in [0.3, 0.4) is 0 Å². The van der Waals surface area contributed by atoms with Crippen LogP contribution in [0.1, 0.15) is 0 Å². The van der Waals surface area contributed by atoms with E-state index in [-0.39, 0.29) is 5.95 Å². The molecule has 84 valence electrons. The summed E-state index contributed by atoms with van der Waals surface area (Å²) < 4.78 is 13.0. The van der Waals surface area contributed by atoms with Crippen LogP contribution in [0.25, 0.3) is 0 Å². The maximum absolute atomic E-state index is 13.0. The second-order valence-corrected chi connectivity index (χ2v) is 3.39. The summed E-state index contributed by atoms with van der Waals surface area (Å²) in [6.07, 6.45) is 0. The van der Waals surface area contributed by atoms with Gasteiger partial charge in [0.2, 0.25) is 11.9 Å². The Balaban J connectivity index is 2.66. The molecule has 0 atom stereocenters. The van der Waals surface area contributed by atoms with Crippen LogP contribution in [0.5, 0.6) is 0 Å². The number of hydrogen-bond donors (Lipinski definition) is 2. The van der Waals surface area contributed by atoms with Crippen molar-refractivity contribution in [1.29, 1.82) is 0 Å². The van der Waals surface area contributed by atoms with Crippen molar-refractivity contribution < 1.29 is 4.39 Å². The summed E-state index contributed by atoms with van der Waals surface area (Å²) in [6.45, 7) is 1.01. The van der Waals surface area contributed by atoms with Gasteiger partial charge in [-0.15, -0.1) is 23.2 Å². The molecule has 0 aliphatic rings. The van der Waals surface area contributed by atoms with Gasteiger partial charge in [0.05, 0.1) is 0 Å². The van der Waals surface area contributed by atoms with E-state index in [1.807, 2.05) is 0 Å². The summed E-state index contributed by atoms with van der Waals surface area (Å²) in [5.74, 6) is 0.854. The van der Waals surface area contributed by atoms with Gasteiger partial charge in [-0.3, -0.25) is 0 Å². The van der Waals surface area contributed by atoms with Gasteiger partial charge in [-0.25, -0.2) is 0 Å². The summed E-state index contributed by atoms with van der Waals surface area (Å²) >= 11 is 11.0. The first-order chi connectivity index (χ1) is 7.26. The topological polar surface area (TPSA) is 49.8 Å². The lowest BCUT2D eigenvalue weighted by Gasteiger charge is -2.06. The molecule has 0 spiro atoms. The van der Waals surface area contributed by atoms with Crippen molar-refractivity contribution in [1.82, 2.24) is 9.97 Å². The van der Waals surface area contributed by atoms with E-state index >= 15 is 0 Å². The molecule has 0 aliphatic carbocycles. The fraction of sp³-hybridized carbons (Fsp3) is 0.500. The van der Waals surface area contributed by atoms with E-state index in [4.69, 9.17) is 23.2 Å². The van der Waals surface area contributed by atoms with E-state index in [2.05, 4.69) is 20.6 Å². The van der Waals surface area contributed by atoms with Crippen LogP contribution in [0, 0.1) is 5.95 Å². The van der Waals surface area contributed by atoms with Crippen molar-refractivity contribution in [2.75, 3.05) is 35.5 Å². The molecule has 2 N–H and O–H groups in total. The first-order valence-electron chi connectivity index (χ1n) is 4.40. The number of hydrogen-bond acceptors (Lipinski definition) is 4. The molecule has 1 aromatic rings. The predicted molar refractivity (Wildman–Crippen MR) is 60.4 cm³/mol. The van der Waals surface area contributed by atoms with Gasteiger partial charge in [0.1, 0.15) is 5.82 Å². The number of anilines is 2. The molecule has 0 amide bonds. The molecule has 0 unspecified atom stereocenters. The van der Waals surface area contributed by atoms with Gasteiger partial charge in [0.15, 0.2) is 0 Å². The Morgan fingerprint density at radius 1 is 1.13 bits per heavy atom. The maximum Gasteiger partial charge on any atom is 0.227 e. The van der Waals surface area contributed by atoms with Crippen molar-refractivity contribution in [3.05, 3.63) is 12.0 Å². The lowest BCUT2D eigenvalue weighted by molar-refractivity contribution is 0.582. The average molecular weight is 253 g/mol. The van der Waals surface area contributed by atoms with Crippen LogP contribution in [0.2, 0.25) is 0 Å². The normalized spacial score (nSPS) is 10.1. The summed E-state index contributed by atoms with van der Waals surface area (Å²) in [5.41, 5.74) is 0. The highest BCUT2D eigenvalue weighted by Gasteiger charge is 2.02. The molecule has 1 rings (SSSR count). The smallest absolute Gasteiger partial charge is 0.227 e. The molecule has 15 heavy (non-hydrogen) atoms. The minimum absolute atomic E-state index is 0.215. The van der Waals surface area contributed by atoms with Gasteiger partial charge in [-0.05, 0) is 0 Å². The molecule has 4 nitrogen and oxygen atoms in total. The number of halogens is 3. The molecule has 0 saturated carbocycles. The van der Waals surface area contributed by atoms with Crippen molar-refractivity contribution in [2.24, 2.45) is 0 Å². The first-order valence-corrected chi connectivity index (χ1v) is 5.47. The first kappa shape index (κ1) is 12.3. The van der Waals surface area contributed by atoms with Crippen molar-refractivity contribution in [3.63, 3.8) is 0 Å². The quantitative estimate of drug-likeness (QED) is 0.600. The van der Waals surface area contributed by atoms with Crippen LogP contribution in [-0.2, 0) is 0 Å². The predicted octanol–water partition coefficient (Wildman–Crippen LogP) is 1.92. The van der Waals surface area contributed by atoms with Crippen LogP contribution in [-0.4, -0.2) is 34.8 Å². The Kier molecular flexibility index (Phi) is 5.42. The molecule has 0 saturated heterocycles. The highest BCUT2D eigenvalue weighted by molar-refractivity contribution is 6.18. The lowest BCUT2D eigenvalue weighted by atomic mass is 10.5. The van der Waals surface area contributed by atoms with Gasteiger partial charge in [0, 0.05) is 30.9 Å². The third kappa shape index (κ3) is 4.48. The highest BCUT2D eigenvalue weighted by atomic mass is 35.5. The SMILES string of the molecule is Fc1cc(NCCCl)nc(NCCCl)n1. The molecule has 0 bridgehead atoms. The molecule has 0 aromatic carbocycles. The van der Waals surface area contributed by atoms with Crippen LogP contribution < -0.4 is 10.6 Å². The number of alkyl halides is 2. The Bertz CT molecular complexity index is 284. The largest absolute Gasteiger partial charge is 0.369 e. The minimum Gasteiger partial charge on any atom is -0.369 e. The maximum atomic E-state index is 13.0. The molecular formula is C8H11Cl2FN4. The van der Waals surface area contributed by atoms with E-state index < -0.39 is 5.95 Å². The number of nitrogens with one attached hydrogen (secondary N) is 2. The zero-order valence-corrected chi connectivity index (χ0v) is 9.45. The summed E-state index contributed by atoms with van der Waals surface area (Å²) in [6, 6.07) is 1.21. The van der Waals surface area contributed by atoms with E-state index in [0.717, 1.165) is 0 Å². The van der Waals surface area contributed by atoms with Gasteiger partial charge >= 0.3 is 0 Å². The second kappa shape index (κ2) is 6.63. The highest BCUT2D eigenvalue weighted by Crippen LogP contribution is 2.08. The number of rotatable bonds is 6. The number of aromatic nitrogens is 2. The van der Waals surface area contributed by atoms with E-state index in [1.165, 1.54) is 6.07 Å². The molecule has 7 heteroatoms. The van der Waals surface area contributed by atoms with Crippen LogP contribution in [0.4, 0.5) is 16.2 Å². The Morgan fingerprint density at radius 2 is 1.80 bits per heavy atom. The van der Waals surface area contributed by atoms with Crippen LogP contribution in [0.15, 0.2) is 6.07 Å². The zero-order valence-electron chi connectivity index (χ0n) is 7.93. The second-order valence-electron chi connectivity index (χ2n) is 2.63. The molecular weight excluding hydrogens is 242 g/mol. The molecule has 1 aromatic heterocycles. The Hall–Kier alpha value is -0.810. The van der Waals surface area contributed by atoms with Crippen molar-refractivity contribution in [2.45, 2.75) is 0 Å². The zero-order chi connectivity index (χ0) is 11.1. The fourth-order valence-electron chi connectivity index (χ4n) is 0.922. The van der Waals surface area contributed by atoms with E-state index in [0.29, 0.717) is 30.7 Å². The number of nitrogens with zero attached hydrogens (tertiary/aromatic N) is 2. The average Bonchev–Trinajstić information content (AvgIpc) is 2.23. The van der Waals surface area contributed by atoms with Crippen molar-refractivity contribution in [3.8, 4) is 0 Å². The van der Waals surface area contributed by atoms with Gasteiger partial charge in [-0.2, -0.15) is 14.4 Å². The standard InChI is InChI=1S/C8H11Cl2FN4/c9-1-3-12-7-5-6(11)14-8(15-7)13-4-2-10/h5H,1-4H2,(H2,12,13,14,15). The van der Waals surface area contributed by atoms with Crippen LogP contribution >= 0.6 is 23.2 Å². The molecule has 0 fully saturated rings. The minimum atomic E-state index is -0.598.